The van der Waals surface area contributed by atoms with Gasteiger partial charge < -0.3 is 5.11 Å². The summed E-state index contributed by atoms with van der Waals surface area (Å²) in [7, 11) is 1.84. The van der Waals surface area contributed by atoms with Crippen LogP contribution in [-0.4, -0.2) is 25.6 Å². The first-order valence-electron chi connectivity index (χ1n) is 5.34. The third kappa shape index (κ3) is 2.87. The van der Waals surface area contributed by atoms with Crippen molar-refractivity contribution in [2.24, 2.45) is 7.05 Å². The molecular weight excluding hydrogens is 234 g/mol. The molecule has 2 rings (SSSR count). The predicted octanol–water partition coefficient (Wildman–Crippen LogP) is 1.81. The molecule has 0 spiro atoms. The van der Waals surface area contributed by atoms with Gasteiger partial charge in [-0.2, -0.15) is 5.10 Å². The summed E-state index contributed by atoms with van der Waals surface area (Å²) in [5.41, 5.74) is 0.0485. The molecule has 0 aliphatic heterocycles. The topological polar surface area (TPSA) is 50.9 Å². The molecule has 0 bridgehead atoms. The number of thioether (sulfide) groups is 1. The minimum Gasteiger partial charge on any atom is -0.385 e. The quantitative estimate of drug-likeness (QED) is 0.840. The van der Waals surface area contributed by atoms with Crippen molar-refractivity contribution in [3.8, 4) is 0 Å². The first kappa shape index (κ1) is 12.1. The molecule has 0 aliphatic carbocycles. The molecule has 1 heterocycles. The molecule has 0 radical (unpaired) electrons. The normalized spacial score (nSPS) is 14.5. The number of benzene rings is 1. The Bertz CT molecular complexity index is 482. The van der Waals surface area contributed by atoms with Crippen LogP contribution in [0.25, 0.3) is 0 Å². The van der Waals surface area contributed by atoms with Crippen molar-refractivity contribution in [3.05, 3.63) is 42.2 Å². The number of rotatable bonds is 4. The molecule has 1 atom stereocenters. The van der Waals surface area contributed by atoms with Crippen LogP contribution in [-0.2, 0) is 12.6 Å². The highest BCUT2D eigenvalue weighted by atomic mass is 32.2. The lowest BCUT2D eigenvalue weighted by molar-refractivity contribution is 0.0838. The Morgan fingerprint density at radius 1 is 1.35 bits per heavy atom. The van der Waals surface area contributed by atoms with Gasteiger partial charge in [-0.25, -0.2) is 9.67 Å². The fraction of sp³-hybridized carbons (Fsp3) is 0.333. The van der Waals surface area contributed by atoms with Crippen LogP contribution in [0, 0.1) is 0 Å². The lowest BCUT2D eigenvalue weighted by Crippen LogP contribution is -2.24. The molecule has 1 unspecified atom stereocenters. The van der Waals surface area contributed by atoms with Crippen molar-refractivity contribution in [1.82, 2.24) is 14.8 Å². The van der Waals surface area contributed by atoms with E-state index < -0.39 is 5.60 Å². The van der Waals surface area contributed by atoms with Gasteiger partial charge in [0.25, 0.3) is 0 Å². The van der Waals surface area contributed by atoms with Gasteiger partial charge in [-0.05, 0) is 12.5 Å². The second-order valence-electron chi connectivity index (χ2n) is 4.09. The highest BCUT2D eigenvalue weighted by Gasteiger charge is 2.23. The van der Waals surface area contributed by atoms with Gasteiger partial charge >= 0.3 is 0 Å². The second kappa shape index (κ2) is 4.89. The summed E-state index contributed by atoms with van der Waals surface area (Å²) in [6.07, 6.45) is 1.51. The summed E-state index contributed by atoms with van der Waals surface area (Å²) in [4.78, 5) is 4.12. The van der Waals surface area contributed by atoms with Crippen molar-refractivity contribution >= 4 is 11.8 Å². The Balaban J connectivity index is 2.06. The molecule has 0 saturated carbocycles. The summed E-state index contributed by atoms with van der Waals surface area (Å²) >= 11 is 1.49. The Labute approximate surface area is 105 Å². The van der Waals surface area contributed by atoms with Crippen LogP contribution in [0.3, 0.4) is 0 Å². The third-order valence-electron chi connectivity index (χ3n) is 2.55. The average molecular weight is 249 g/mol. The molecular formula is C12H15N3OS. The van der Waals surface area contributed by atoms with Crippen molar-refractivity contribution < 1.29 is 5.11 Å². The average Bonchev–Trinajstić information content (AvgIpc) is 2.74. The van der Waals surface area contributed by atoms with E-state index in [1.165, 1.54) is 18.1 Å². The zero-order valence-corrected chi connectivity index (χ0v) is 10.7. The van der Waals surface area contributed by atoms with Gasteiger partial charge in [0.05, 0.1) is 5.60 Å². The van der Waals surface area contributed by atoms with Gasteiger partial charge in [-0.3, -0.25) is 0 Å². The fourth-order valence-corrected chi connectivity index (χ4v) is 2.43. The van der Waals surface area contributed by atoms with Crippen LogP contribution in [0.1, 0.15) is 12.5 Å². The van der Waals surface area contributed by atoms with E-state index in [1.807, 2.05) is 44.3 Å². The molecule has 0 saturated heterocycles. The number of nitrogens with zero attached hydrogens (tertiary/aromatic N) is 3. The first-order chi connectivity index (χ1) is 8.09. The molecule has 1 N–H and O–H groups in total. The number of hydrogen-bond donors (Lipinski definition) is 1. The van der Waals surface area contributed by atoms with E-state index in [4.69, 9.17) is 0 Å². The lowest BCUT2D eigenvalue weighted by atomic mass is 9.99. The summed E-state index contributed by atoms with van der Waals surface area (Å²) in [6.45, 7) is 1.81. The maximum Gasteiger partial charge on any atom is 0.185 e. The SMILES string of the molecule is Cn1ncnc1SCC(C)(O)c1ccccc1. The van der Waals surface area contributed by atoms with Gasteiger partial charge in [0, 0.05) is 12.8 Å². The van der Waals surface area contributed by atoms with Crippen molar-refractivity contribution in [3.63, 3.8) is 0 Å². The van der Waals surface area contributed by atoms with Crippen LogP contribution in [0.2, 0.25) is 0 Å². The van der Waals surface area contributed by atoms with Gasteiger partial charge in [-0.15, -0.1) is 0 Å². The number of aliphatic hydroxyl groups is 1. The number of aryl methyl sites for hydroxylation is 1. The van der Waals surface area contributed by atoms with Crippen molar-refractivity contribution in [2.45, 2.75) is 17.7 Å². The highest BCUT2D eigenvalue weighted by molar-refractivity contribution is 7.99. The molecule has 4 nitrogen and oxygen atoms in total. The minimum atomic E-state index is -0.863. The largest absolute Gasteiger partial charge is 0.385 e. The monoisotopic (exact) mass is 249 g/mol. The number of hydrogen-bond acceptors (Lipinski definition) is 4. The van der Waals surface area contributed by atoms with Gasteiger partial charge in [0.1, 0.15) is 6.33 Å². The van der Waals surface area contributed by atoms with Crippen molar-refractivity contribution in [2.75, 3.05) is 5.75 Å². The Morgan fingerprint density at radius 3 is 2.65 bits per heavy atom. The summed E-state index contributed by atoms with van der Waals surface area (Å²) in [5, 5.41) is 15.2. The van der Waals surface area contributed by atoms with Crippen LogP contribution in [0.15, 0.2) is 41.8 Å². The maximum absolute atomic E-state index is 10.4. The predicted molar refractivity (Wildman–Crippen MR) is 67.7 cm³/mol. The molecule has 1 aromatic carbocycles. The second-order valence-corrected chi connectivity index (χ2v) is 5.04. The molecule has 0 fully saturated rings. The van der Waals surface area contributed by atoms with Crippen LogP contribution < -0.4 is 0 Å². The van der Waals surface area contributed by atoms with Crippen LogP contribution in [0.5, 0.6) is 0 Å². The number of aromatic nitrogens is 3. The maximum atomic E-state index is 10.4. The molecule has 17 heavy (non-hydrogen) atoms. The van der Waals surface area contributed by atoms with E-state index in [2.05, 4.69) is 10.1 Å². The third-order valence-corrected chi connectivity index (χ3v) is 3.88. The minimum absolute atomic E-state index is 0.545. The fourth-order valence-electron chi connectivity index (χ4n) is 1.50. The smallest absolute Gasteiger partial charge is 0.185 e. The zero-order chi connectivity index (χ0) is 12.3. The molecule has 1 aromatic heterocycles. The summed E-state index contributed by atoms with van der Waals surface area (Å²) in [6, 6.07) is 9.65. The highest BCUT2D eigenvalue weighted by Crippen LogP contribution is 2.27. The van der Waals surface area contributed by atoms with E-state index in [1.54, 1.807) is 4.68 Å². The molecule has 90 valence electrons. The molecule has 0 amide bonds. The van der Waals surface area contributed by atoms with E-state index in [0.717, 1.165) is 10.7 Å². The van der Waals surface area contributed by atoms with E-state index in [-0.39, 0.29) is 0 Å². The first-order valence-corrected chi connectivity index (χ1v) is 6.33. The van der Waals surface area contributed by atoms with E-state index in [0.29, 0.717) is 5.75 Å². The lowest BCUT2D eigenvalue weighted by Gasteiger charge is -2.22. The molecule has 5 heteroatoms. The molecule has 2 aromatic rings. The Hall–Kier alpha value is -1.33. The molecule has 0 aliphatic rings. The Morgan fingerprint density at radius 2 is 2.06 bits per heavy atom. The Kier molecular flexibility index (Phi) is 3.49. The zero-order valence-electron chi connectivity index (χ0n) is 9.87. The van der Waals surface area contributed by atoms with Crippen LogP contribution >= 0.6 is 11.8 Å². The van der Waals surface area contributed by atoms with E-state index in [9.17, 15) is 5.11 Å². The van der Waals surface area contributed by atoms with Gasteiger partial charge in [0.15, 0.2) is 5.16 Å². The van der Waals surface area contributed by atoms with Gasteiger partial charge in [0.2, 0.25) is 0 Å². The summed E-state index contributed by atoms with van der Waals surface area (Å²) < 4.78 is 1.70. The van der Waals surface area contributed by atoms with Gasteiger partial charge in [-0.1, -0.05) is 42.1 Å². The van der Waals surface area contributed by atoms with Crippen molar-refractivity contribution in [1.29, 1.82) is 0 Å². The summed E-state index contributed by atoms with van der Waals surface area (Å²) in [5.74, 6) is 0.545. The van der Waals surface area contributed by atoms with E-state index >= 15 is 0 Å². The standard InChI is InChI=1S/C12H15N3OS/c1-12(16,10-6-4-3-5-7-10)8-17-11-13-9-14-15(11)2/h3-7,9,16H,8H2,1-2H3. The van der Waals surface area contributed by atoms with Crippen LogP contribution in [0.4, 0.5) is 0 Å².